The number of carbonyl (C=O) groups excluding carboxylic acids is 1. The second-order valence-electron chi connectivity index (χ2n) is 5.74. The van der Waals surface area contributed by atoms with Crippen molar-refractivity contribution in [1.29, 1.82) is 0 Å². The average molecular weight is 281 g/mol. The van der Waals surface area contributed by atoms with E-state index >= 15 is 0 Å². The highest BCUT2D eigenvalue weighted by Crippen LogP contribution is 2.25. The van der Waals surface area contributed by atoms with Gasteiger partial charge in [0.15, 0.2) is 5.78 Å². The summed E-state index contributed by atoms with van der Waals surface area (Å²) in [6.45, 7) is 1.64. The molecule has 2 rings (SSSR count). The summed E-state index contributed by atoms with van der Waals surface area (Å²) in [5.74, 6) is -0.872. The lowest BCUT2D eigenvalue weighted by molar-refractivity contribution is 0.0965. The number of benzene rings is 1. The van der Waals surface area contributed by atoms with Gasteiger partial charge in [0.2, 0.25) is 0 Å². The molecule has 20 heavy (non-hydrogen) atoms. The van der Waals surface area contributed by atoms with Gasteiger partial charge in [-0.2, -0.15) is 0 Å². The van der Waals surface area contributed by atoms with Crippen LogP contribution in [0.5, 0.6) is 0 Å². The van der Waals surface area contributed by atoms with Crippen molar-refractivity contribution in [3.8, 4) is 0 Å². The molecule has 0 bridgehead atoms. The van der Waals surface area contributed by atoms with Gasteiger partial charge in [-0.1, -0.05) is 12.8 Å². The molecule has 0 saturated heterocycles. The lowest BCUT2D eigenvalue weighted by Gasteiger charge is -2.20. The lowest BCUT2D eigenvalue weighted by atomic mass is 10.1. The predicted molar refractivity (Wildman–Crippen MR) is 74.8 cm³/mol. The van der Waals surface area contributed by atoms with E-state index in [2.05, 4.69) is 4.90 Å². The first-order valence-corrected chi connectivity index (χ1v) is 7.22. The Balaban J connectivity index is 1.81. The first-order valence-electron chi connectivity index (χ1n) is 7.22. The first-order chi connectivity index (χ1) is 9.54. The van der Waals surface area contributed by atoms with Gasteiger partial charge < -0.3 is 4.90 Å². The molecule has 1 aliphatic carbocycles. The summed E-state index contributed by atoms with van der Waals surface area (Å²) >= 11 is 0. The van der Waals surface area contributed by atoms with Crippen LogP contribution in [0.1, 0.15) is 42.5 Å². The molecule has 1 aromatic carbocycles. The van der Waals surface area contributed by atoms with Gasteiger partial charge in [0.25, 0.3) is 0 Å². The fourth-order valence-electron chi connectivity index (χ4n) is 2.88. The molecule has 1 fully saturated rings. The highest BCUT2D eigenvalue weighted by Gasteiger charge is 2.17. The van der Waals surface area contributed by atoms with Gasteiger partial charge in [-0.05, 0) is 37.9 Å². The third-order valence-electron chi connectivity index (χ3n) is 3.95. The van der Waals surface area contributed by atoms with E-state index in [1.807, 2.05) is 7.05 Å². The van der Waals surface area contributed by atoms with Crippen LogP contribution < -0.4 is 0 Å². The Labute approximate surface area is 118 Å². The van der Waals surface area contributed by atoms with E-state index in [-0.39, 0.29) is 11.3 Å². The number of hydrogen-bond acceptors (Lipinski definition) is 2. The van der Waals surface area contributed by atoms with Gasteiger partial charge in [-0.25, -0.2) is 8.78 Å². The Hall–Kier alpha value is -1.29. The van der Waals surface area contributed by atoms with Crippen LogP contribution in [0.2, 0.25) is 0 Å². The van der Waals surface area contributed by atoms with Crippen molar-refractivity contribution in [3.63, 3.8) is 0 Å². The van der Waals surface area contributed by atoms with Gasteiger partial charge in [0, 0.05) is 31.1 Å². The molecule has 0 radical (unpaired) electrons. The summed E-state index contributed by atoms with van der Waals surface area (Å²) < 4.78 is 26.1. The molecule has 1 saturated carbocycles. The maximum Gasteiger partial charge on any atom is 0.164 e. The van der Waals surface area contributed by atoms with Crippen molar-refractivity contribution in [3.05, 3.63) is 35.4 Å². The Morgan fingerprint density at radius 3 is 2.40 bits per heavy atom. The average Bonchev–Trinajstić information content (AvgIpc) is 2.87. The minimum absolute atomic E-state index is 0.122. The van der Waals surface area contributed by atoms with E-state index in [0.29, 0.717) is 13.0 Å². The summed E-state index contributed by atoms with van der Waals surface area (Å²) in [5.41, 5.74) is 0.122. The number of rotatable bonds is 6. The second-order valence-corrected chi connectivity index (χ2v) is 5.74. The van der Waals surface area contributed by atoms with Crippen molar-refractivity contribution in [2.24, 2.45) is 5.92 Å². The summed E-state index contributed by atoms with van der Waals surface area (Å²) in [4.78, 5) is 14.1. The topological polar surface area (TPSA) is 20.3 Å². The SMILES string of the molecule is CN(CCC(=O)c1cc(F)cc(F)c1)CC1CCCC1. The summed E-state index contributed by atoms with van der Waals surface area (Å²) in [6.07, 6.45) is 5.45. The third kappa shape index (κ3) is 4.37. The van der Waals surface area contributed by atoms with Gasteiger partial charge in [-0.15, -0.1) is 0 Å². The first kappa shape index (κ1) is 15.1. The Morgan fingerprint density at radius 1 is 1.20 bits per heavy atom. The van der Waals surface area contributed by atoms with Crippen LogP contribution in [-0.4, -0.2) is 30.8 Å². The van der Waals surface area contributed by atoms with E-state index in [1.165, 1.54) is 25.7 Å². The molecule has 0 unspecified atom stereocenters. The van der Waals surface area contributed by atoms with Crippen LogP contribution in [0.25, 0.3) is 0 Å². The van der Waals surface area contributed by atoms with Crippen LogP contribution in [0.4, 0.5) is 8.78 Å². The number of ketones is 1. The van der Waals surface area contributed by atoms with E-state index in [4.69, 9.17) is 0 Å². The molecule has 110 valence electrons. The van der Waals surface area contributed by atoms with Crippen LogP contribution in [-0.2, 0) is 0 Å². The van der Waals surface area contributed by atoms with E-state index < -0.39 is 11.6 Å². The lowest BCUT2D eigenvalue weighted by Crippen LogP contribution is -2.27. The summed E-state index contributed by atoms with van der Waals surface area (Å²) in [5, 5.41) is 0. The van der Waals surface area contributed by atoms with E-state index in [9.17, 15) is 13.6 Å². The normalized spacial score (nSPS) is 16.0. The maximum atomic E-state index is 13.1. The van der Waals surface area contributed by atoms with Crippen LogP contribution in [0.15, 0.2) is 18.2 Å². The molecule has 0 aromatic heterocycles. The van der Waals surface area contributed by atoms with Gasteiger partial charge >= 0.3 is 0 Å². The third-order valence-corrected chi connectivity index (χ3v) is 3.95. The second kappa shape index (κ2) is 6.93. The molecule has 1 aromatic rings. The highest BCUT2D eigenvalue weighted by atomic mass is 19.1. The highest BCUT2D eigenvalue weighted by molar-refractivity contribution is 5.96. The molecular formula is C16H21F2NO. The van der Waals surface area contributed by atoms with Crippen LogP contribution in [0, 0.1) is 17.6 Å². The zero-order chi connectivity index (χ0) is 14.5. The Kier molecular flexibility index (Phi) is 5.24. The fraction of sp³-hybridized carbons (Fsp3) is 0.562. The molecule has 0 aliphatic heterocycles. The summed E-state index contributed by atoms with van der Waals surface area (Å²) in [7, 11) is 2.00. The van der Waals surface area contributed by atoms with Crippen molar-refractivity contribution in [1.82, 2.24) is 4.90 Å². The number of nitrogens with zero attached hydrogens (tertiary/aromatic N) is 1. The quantitative estimate of drug-likeness (QED) is 0.742. The van der Waals surface area contributed by atoms with Crippen LogP contribution in [0.3, 0.4) is 0 Å². The molecule has 2 nitrogen and oxygen atoms in total. The van der Waals surface area contributed by atoms with E-state index in [1.54, 1.807) is 0 Å². The Morgan fingerprint density at radius 2 is 1.80 bits per heavy atom. The summed E-state index contributed by atoms with van der Waals surface area (Å²) in [6, 6.07) is 2.98. The zero-order valence-electron chi connectivity index (χ0n) is 11.9. The van der Waals surface area contributed by atoms with Gasteiger partial charge in [-0.3, -0.25) is 4.79 Å². The number of halogens is 2. The van der Waals surface area contributed by atoms with E-state index in [0.717, 1.165) is 30.7 Å². The zero-order valence-corrected chi connectivity index (χ0v) is 11.9. The molecule has 0 spiro atoms. The van der Waals surface area contributed by atoms with Crippen molar-refractivity contribution >= 4 is 5.78 Å². The van der Waals surface area contributed by atoms with Crippen molar-refractivity contribution in [2.45, 2.75) is 32.1 Å². The molecule has 1 aliphatic rings. The molecule has 0 N–H and O–H groups in total. The monoisotopic (exact) mass is 281 g/mol. The van der Waals surface area contributed by atoms with Crippen molar-refractivity contribution in [2.75, 3.05) is 20.1 Å². The fourth-order valence-corrected chi connectivity index (χ4v) is 2.88. The minimum Gasteiger partial charge on any atom is -0.306 e. The Bertz CT molecular complexity index is 449. The number of hydrogen-bond donors (Lipinski definition) is 0. The standard InChI is InChI=1S/C16H21F2NO/c1-19(11-12-4-2-3-5-12)7-6-16(20)13-8-14(17)10-15(18)9-13/h8-10,12H,2-7,11H2,1H3. The van der Waals surface area contributed by atoms with Crippen molar-refractivity contribution < 1.29 is 13.6 Å². The van der Waals surface area contributed by atoms with Gasteiger partial charge in [0.1, 0.15) is 11.6 Å². The molecule has 0 amide bonds. The largest absolute Gasteiger partial charge is 0.306 e. The maximum absolute atomic E-state index is 13.1. The smallest absolute Gasteiger partial charge is 0.164 e. The molecule has 0 atom stereocenters. The number of carbonyl (C=O) groups is 1. The predicted octanol–water partition coefficient (Wildman–Crippen LogP) is 3.66. The number of Topliss-reactive ketones (excluding diaryl/α,β-unsaturated/α-hetero) is 1. The minimum atomic E-state index is -0.701. The van der Waals surface area contributed by atoms with Gasteiger partial charge in [0.05, 0.1) is 0 Å². The molecule has 0 heterocycles. The molecular weight excluding hydrogens is 260 g/mol. The molecule has 4 heteroatoms. The van der Waals surface area contributed by atoms with Crippen LogP contribution >= 0.6 is 0 Å².